The summed E-state index contributed by atoms with van der Waals surface area (Å²) in [6.45, 7) is 31.7. The first-order valence-electron chi connectivity index (χ1n) is 14.0. The number of rotatable bonds is 4. The molecular weight excluding hydrogens is 412 g/mol. The molecule has 0 aromatic heterocycles. The van der Waals surface area contributed by atoms with Gasteiger partial charge in [0.15, 0.2) is 0 Å². The van der Waals surface area contributed by atoms with Crippen LogP contribution in [-0.2, 0) is 5.41 Å². The number of piperazine rings is 1. The Morgan fingerprint density at radius 1 is 0.588 bits per heavy atom. The van der Waals surface area contributed by atoms with Gasteiger partial charge in [-0.1, -0.05) is 132 Å². The van der Waals surface area contributed by atoms with Crippen molar-refractivity contribution in [2.45, 2.75) is 88.5 Å². The molecule has 2 heteroatoms. The summed E-state index contributed by atoms with van der Waals surface area (Å²) in [7, 11) is 0. The van der Waals surface area contributed by atoms with Crippen LogP contribution in [0.25, 0.3) is 0 Å². The maximum Gasteiger partial charge on any atom is 0.0367 e. The van der Waals surface area contributed by atoms with E-state index < -0.39 is 0 Å². The third kappa shape index (κ3) is 6.25. The van der Waals surface area contributed by atoms with Crippen LogP contribution in [0.5, 0.6) is 0 Å². The van der Waals surface area contributed by atoms with Gasteiger partial charge in [-0.2, -0.15) is 0 Å². The fourth-order valence-corrected chi connectivity index (χ4v) is 5.50. The number of anilines is 1. The van der Waals surface area contributed by atoms with Gasteiger partial charge in [0.05, 0.1) is 0 Å². The highest BCUT2D eigenvalue weighted by molar-refractivity contribution is 5.47. The van der Waals surface area contributed by atoms with E-state index in [1.807, 2.05) is 55.4 Å². The van der Waals surface area contributed by atoms with Gasteiger partial charge in [0.2, 0.25) is 0 Å². The molecule has 34 heavy (non-hydrogen) atoms. The van der Waals surface area contributed by atoms with E-state index >= 15 is 0 Å². The molecule has 4 rings (SSSR count). The van der Waals surface area contributed by atoms with Gasteiger partial charge in [-0.25, -0.2) is 0 Å². The van der Waals surface area contributed by atoms with E-state index in [1.165, 1.54) is 17.8 Å². The van der Waals surface area contributed by atoms with Crippen molar-refractivity contribution in [3.05, 3.63) is 66.2 Å². The molecule has 0 amide bonds. The first kappa shape index (κ1) is 32.2. The van der Waals surface area contributed by atoms with Gasteiger partial charge in [0, 0.05) is 43.8 Å². The Morgan fingerprint density at radius 2 is 1.00 bits per heavy atom. The van der Waals surface area contributed by atoms with Crippen LogP contribution in [0, 0.1) is 10.8 Å². The molecular formula is C32H56N2. The van der Waals surface area contributed by atoms with Crippen molar-refractivity contribution in [2.75, 3.05) is 37.6 Å². The Balaban J connectivity index is 0.00000124. The van der Waals surface area contributed by atoms with Gasteiger partial charge in [-0.15, -0.1) is 0 Å². The van der Waals surface area contributed by atoms with Crippen LogP contribution in [0.3, 0.4) is 0 Å². The Kier molecular flexibility index (Phi) is 14.4. The summed E-state index contributed by atoms with van der Waals surface area (Å²) in [5, 5.41) is 0. The third-order valence-electron chi connectivity index (χ3n) is 8.06. The minimum atomic E-state index is 0.248. The van der Waals surface area contributed by atoms with E-state index in [1.54, 1.807) is 0 Å². The van der Waals surface area contributed by atoms with Gasteiger partial charge < -0.3 is 4.90 Å². The molecule has 1 aliphatic heterocycles. The largest absolute Gasteiger partial charge is 0.369 e. The van der Waals surface area contributed by atoms with Crippen LogP contribution in [0.15, 0.2) is 60.7 Å². The summed E-state index contributed by atoms with van der Waals surface area (Å²) < 4.78 is 0. The third-order valence-corrected chi connectivity index (χ3v) is 8.06. The number of para-hydroxylation sites is 1. The SMILES string of the molecule is CC.CC.CC.CC.CC1(C)C(C)(CN2CCN(c3ccccc3)CC2)C1(C)c1ccccc1. The second-order valence-electron chi connectivity index (χ2n) is 9.05. The fourth-order valence-electron chi connectivity index (χ4n) is 5.50. The first-order chi connectivity index (χ1) is 16.4. The molecule has 1 saturated carbocycles. The number of hydrogen-bond donors (Lipinski definition) is 0. The quantitative estimate of drug-likeness (QED) is 0.442. The van der Waals surface area contributed by atoms with Crippen LogP contribution >= 0.6 is 0 Å². The highest BCUT2D eigenvalue weighted by Gasteiger charge is 2.77. The number of nitrogens with zero attached hydrogens (tertiary/aromatic N) is 2. The molecule has 1 aliphatic carbocycles. The van der Waals surface area contributed by atoms with Crippen LogP contribution in [-0.4, -0.2) is 37.6 Å². The van der Waals surface area contributed by atoms with Crippen molar-refractivity contribution in [2.24, 2.45) is 10.8 Å². The lowest BCUT2D eigenvalue weighted by atomic mass is 9.87. The highest BCUT2D eigenvalue weighted by Crippen LogP contribution is 2.78. The molecule has 0 N–H and O–H groups in total. The average Bonchev–Trinajstić information content (AvgIpc) is 3.28. The predicted octanol–water partition coefficient (Wildman–Crippen LogP) is 8.92. The molecule has 2 atom stereocenters. The molecule has 2 aromatic carbocycles. The molecule has 2 fully saturated rings. The highest BCUT2D eigenvalue weighted by atomic mass is 15.3. The summed E-state index contributed by atoms with van der Waals surface area (Å²) in [6.07, 6.45) is 0. The van der Waals surface area contributed by atoms with Gasteiger partial charge >= 0.3 is 0 Å². The summed E-state index contributed by atoms with van der Waals surface area (Å²) >= 11 is 0. The zero-order valence-corrected chi connectivity index (χ0v) is 24.7. The molecule has 0 spiro atoms. The van der Waals surface area contributed by atoms with Gasteiger partial charge in [-0.3, -0.25) is 4.90 Å². The molecule has 2 unspecified atom stereocenters. The summed E-state index contributed by atoms with van der Waals surface area (Å²) in [5.41, 5.74) is 3.74. The second-order valence-corrected chi connectivity index (χ2v) is 9.05. The molecule has 1 heterocycles. The van der Waals surface area contributed by atoms with Crippen LogP contribution in [0.4, 0.5) is 5.69 Å². The lowest BCUT2D eigenvalue weighted by Crippen LogP contribution is -2.48. The summed E-state index contributed by atoms with van der Waals surface area (Å²) in [6, 6.07) is 22.0. The Morgan fingerprint density at radius 3 is 1.44 bits per heavy atom. The van der Waals surface area contributed by atoms with E-state index in [9.17, 15) is 0 Å². The lowest BCUT2D eigenvalue weighted by molar-refractivity contribution is 0.190. The molecule has 2 aliphatic rings. The lowest BCUT2D eigenvalue weighted by Gasteiger charge is -2.38. The van der Waals surface area contributed by atoms with E-state index in [4.69, 9.17) is 0 Å². The monoisotopic (exact) mass is 468 g/mol. The van der Waals surface area contributed by atoms with E-state index in [0.29, 0.717) is 10.8 Å². The molecule has 0 bridgehead atoms. The molecule has 0 radical (unpaired) electrons. The van der Waals surface area contributed by atoms with Gasteiger partial charge in [0.1, 0.15) is 0 Å². The van der Waals surface area contributed by atoms with Crippen molar-refractivity contribution in [1.82, 2.24) is 4.90 Å². The van der Waals surface area contributed by atoms with E-state index in [-0.39, 0.29) is 5.41 Å². The van der Waals surface area contributed by atoms with E-state index in [2.05, 4.69) is 98.2 Å². The van der Waals surface area contributed by atoms with Gasteiger partial charge in [-0.05, 0) is 28.5 Å². The van der Waals surface area contributed by atoms with Crippen LogP contribution < -0.4 is 4.90 Å². The minimum absolute atomic E-state index is 0.248. The van der Waals surface area contributed by atoms with Crippen molar-refractivity contribution in [1.29, 1.82) is 0 Å². The zero-order valence-electron chi connectivity index (χ0n) is 24.7. The number of hydrogen-bond acceptors (Lipinski definition) is 2. The van der Waals surface area contributed by atoms with Gasteiger partial charge in [0.25, 0.3) is 0 Å². The van der Waals surface area contributed by atoms with Crippen molar-refractivity contribution >= 4 is 5.69 Å². The Hall–Kier alpha value is -1.80. The second kappa shape index (κ2) is 15.2. The maximum atomic E-state index is 2.69. The van der Waals surface area contributed by atoms with Crippen LogP contribution in [0.2, 0.25) is 0 Å². The number of benzene rings is 2. The zero-order chi connectivity index (χ0) is 26.4. The summed E-state index contributed by atoms with van der Waals surface area (Å²) in [4.78, 5) is 5.21. The minimum Gasteiger partial charge on any atom is -0.369 e. The Labute approximate surface area is 213 Å². The molecule has 2 nitrogen and oxygen atoms in total. The van der Waals surface area contributed by atoms with Crippen molar-refractivity contribution in [3.63, 3.8) is 0 Å². The van der Waals surface area contributed by atoms with Crippen molar-refractivity contribution in [3.8, 4) is 0 Å². The first-order valence-corrected chi connectivity index (χ1v) is 14.0. The van der Waals surface area contributed by atoms with E-state index in [0.717, 1.165) is 26.2 Å². The fraction of sp³-hybridized carbons (Fsp3) is 0.625. The maximum absolute atomic E-state index is 2.69. The predicted molar refractivity (Wildman–Crippen MR) is 156 cm³/mol. The normalized spacial score (nSPS) is 24.4. The Bertz CT molecular complexity index is 747. The molecule has 1 saturated heterocycles. The smallest absolute Gasteiger partial charge is 0.0367 e. The molecule has 194 valence electrons. The van der Waals surface area contributed by atoms with Crippen LogP contribution in [0.1, 0.15) is 88.6 Å². The van der Waals surface area contributed by atoms with Crippen molar-refractivity contribution < 1.29 is 0 Å². The summed E-state index contributed by atoms with van der Waals surface area (Å²) in [5.74, 6) is 0. The molecule has 2 aromatic rings. The topological polar surface area (TPSA) is 6.48 Å². The standard InChI is InChI=1S/C24H32N2.4C2H6/c1-22(2)23(3,24(22,4)20-11-7-5-8-12-20)19-25-15-17-26(18-16-25)21-13-9-6-10-14-21;4*1-2/h5-14H,15-19H2,1-4H3;4*1-2H3. The average molecular weight is 469 g/mol.